The summed E-state index contributed by atoms with van der Waals surface area (Å²) in [6.07, 6.45) is -8.99. The molecule has 0 bridgehead atoms. The summed E-state index contributed by atoms with van der Waals surface area (Å²) in [6.45, 7) is 17.8. The molecule has 55 heavy (non-hydrogen) atoms. The predicted molar refractivity (Wildman–Crippen MR) is 201 cm³/mol. The second-order valence-electron chi connectivity index (χ2n) is 20.3. The van der Waals surface area contributed by atoms with Gasteiger partial charge in [0.05, 0.1) is 36.6 Å². The number of aliphatic hydroxyl groups excluding tert-OH is 8. The van der Waals surface area contributed by atoms with E-state index in [2.05, 4.69) is 40.7 Å². The van der Waals surface area contributed by atoms with Crippen LogP contribution in [0.4, 0.5) is 0 Å². The Bertz CT molecular complexity index is 1390. The Kier molecular flexibility index (Phi) is 12.2. The third-order valence-electron chi connectivity index (χ3n) is 16.5. The molecule has 0 radical (unpaired) electrons. The summed E-state index contributed by atoms with van der Waals surface area (Å²) in [4.78, 5) is 0. The van der Waals surface area contributed by atoms with E-state index < -0.39 is 114 Å². The third kappa shape index (κ3) is 7.10. The van der Waals surface area contributed by atoms with Gasteiger partial charge in [-0.25, -0.2) is 0 Å². The van der Waals surface area contributed by atoms with Crippen LogP contribution in [0.5, 0.6) is 0 Å². The summed E-state index contributed by atoms with van der Waals surface area (Å²) in [5.74, 6) is -0.526. The van der Waals surface area contributed by atoms with Gasteiger partial charge in [-0.2, -0.15) is 0 Å². The number of hydrogen-bond acceptors (Lipinski definition) is 13. The van der Waals surface area contributed by atoms with Gasteiger partial charge in [-0.1, -0.05) is 46.3 Å². The minimum Gasteiger partial charge on any atom is -0.394 e. The van der Waals surface area contributed by atoms with Gasteiger partial charge in [0.25, 0.3) is 0 Å². The van der Waals surface area contributed by atoms with Crippen LogP contribution in [-0.2, 0) is 18.9 Å². The largest absolute Gasteiger partial charge is 0.394 e. The second kappa shape index (κ2) is 15.4. The van der Waals surface area contributed by atoms with Crippen molar-refractivity contribution >= 4 is 0 Å². The maximum Gasteiger partial charge on any atom is 0.187 e. The zero-order valence-corrected chi connectivity index (χ0v) is 34.4. The fourth-order valence-electron chi connectivity index (χ4n) is 13.3. The van der Waals surface area contributed by atoms with Crippen molar-refractivity contribution in [2.75, 3.05) is 6.61 Å². The van der Waals surface area contributed by atoms with Crippen molar-refractivity contribution < 1.29 is 64.9 Å². The van der Waals surface area contributed by atoms with Gasteiger partial charge in [0.1, 0.15) is 42.7 Å². The average Bonchev–Trinajstić information content (AvgIpc) is 3.49. The van der Waals surface area contributed by atoms with Crippen molar-refractivity contribution in [2.45, 2.75) is 199 Å². The Labute approximate surface area is 327 Å². The van der Waals surface area contributed by atoms with Gasteiger partial charge in [0, 0.05) is 0 Å². The van der Waals surface area contributed by atoms with E-state index in [1.807, 2.05) is 20.8 Å². The topological polar surface area (TPSA) is 219 Å². The Morgan fingerprint density at radius 2 is 1.49 bits per heavy atom. The van der Waals surface area contributed by atoms with E-state index in [0.29, 0.717) is 32.1 Å². The average molecular weight is 785 g/mol. The highest BCUT2D eigenvalue weighted by atomic mass is 16.8. The van der Waals surface area contributed by atoms with Crippen molar-refractivity contribution in [3.63, 3.8) is 0 Å². The minimum absolute atomic E-state index is 0.0411. The molecule has 0 amide bonds. The molecule has 2 aliphatic heterocycles. The number of rotatable bonds is 9. The van der Waals surface area contributed by atoms with Crippen molar-refractivity contribution in [3.05, 3.63) is 11.6 Å². The Morgan fingerprint density at radius 3 is 2.13 bits per heavy atom. The molecule has 9 N–H and O–H groups in total. The first-order valence-electron chi connectivity index (χ1n) is 20.8. The van der Waals surface area contributed by atoms with E-state index in [-0.39, 0.29) is 23.7 Å². The van der Waals surface area contributed by atoms with E-state index in [9.17, 15) is 46.0 Å². The molecule has 4 saturated carbocycles. The fourth-order valence-corrected chi connectivity index (χ4v) is 13.3. The zero-order valence-electron chi connectivity index (χ0n) is 34.4. The molecule has 4 unspecified atom stereocenters. The van der Waals surface area contributed by atoms with E-state index >= 15 is 0 Å². The highest BCUT2D eigenvalue weighted by Crippen LogP contribution is 2.76. The predicted octanol–water partition coefficient (Wildman–Crippen LogP) is 2.15. The molecule has 6 fully saturated rings. The highest BCUT2D eigenvalue weighted by molar-refractivity contribution is 5.22. The number of fused-ring (bicyclic) bond motifs is 5. The van der Waals surface area contributed by atoms with E-state index in [1.54, 1.807) is 0 Å². The molecule has 0 aromatic heterocycles. The minimum atomic E-state index is -1.70. The van der Waals surface area contributed by atoms with Crippen LogP contribution >= 0.6 is 0 Å². The lowest BCUT2D eigenvalue weighted by molar-refractivity contribution is -0.382. The number of allylic oxidation sites excluding steroid dienone is 2. The Hall–Kier alpha value is -0.780. The molecule has 0 aromatic carbocycles. The number of hydrogen-bond donors (Lipinski definition) is 9. The summed E-state index contributed by atoms with van der Waals surface area (Å²) in [7, 11) is 0. The smallest absolute Gasteiger partial charge is 0.187 e. The third-order valence-corrected chi connectivity index (χ3v) is 16.5. The van der Waals surface area contributed by atoms with Crippen LogP contribution in [0.2, 0.25) is 0 Å². The monoisotopic (exact) mass is 784 g/mol. The normalized spacial score (nSPS) is 53.4. The first kappa shape index (κ1) is 43.8. The summed E-state index contributed by atoms with van der Waals surface area (Å²) in [6, 6.07) is 0. The van der Waals surface area contributed by atoms with Crippen molar-refractivity contribution in [1.82, 2.24) is 0 Å². The molecule has 6 aliphatic rings. The summed E-state index contributed by atoms with van der Waals surface area (Å²) >= 11 is 0. The van der Waals surface area contributed by atoms with Crippen LogP contribution in [0.1, 0.15) is 114 Å². The lowest BCUT2D eigenvalue weighted by atomic mass is 9.34. The lowest BCUT2D eigenvalue weighted by Gasteiger charge is -2.72. The van der Waals surface area contributed by atoms with Crippen LogP contribution in [0.15, 0.2) is 11.6 Å². The quantitative estimate of drug-likeness (QED) is 0.121. The van der Waals surface area contributed by atoms with Gasteiger partial charge < -0.3 is 64.9 Å². The molecule has 13 heteroatoms. The first-order chi connectivity index (χ1) is 25.5. The molecule has 318 valence electrons. The van der Waals surface area contributed by atoms with E-state index in [0.717, 1.165) is 19.3 Å². The van der Waals surface area contributed by atoms with Gasteiger partial charge in [0.2, 0.25) is 0 Å². The van der Waals surface area contributed by atoms with Crippen LogP contribution in [0.3, 0.4) is 0 Å². The maximum absolute atomic E-state index is 12.3. The molecule has 21 atom stereocenters. The molecule has 4 aliphatic carbocycles. The van der Waals surface area contributed by atoms with Gasteiger partial charge in [-0.15, -0.1) is 0 Å². The molecule has 2 saturated heterocycles. The fraction of sp³-hybridized carbons (Fsp3) is 0.952. The molecule has 6 rings (SSSR count). The second-order valence-corrected chi connectivity index (χ2v) is 20.3. The van der Waals surface area contributed by atoms with Crippen LogP contribution in [0.25, 0.3) is 0 Å². The molecule has 13 nitrogen and oxygen atoms in total. The molecule has 0 spiro atoms. The first-order valence-corrected chi connectivity index (χ1v) is 20.8. The van der Waals surface area contributed by atoms with Crippen LogP contribution in [0, 0.1) is 45.3 Å². The number of aliphatic hydroxyl groups is 9. The standard InChI is InChI=1S/C42H72O13/c1-20(2)11-10-14-42(9,51)22-12-16-40(7)28(22)23(44)17-26-39(6)15-13-27(45)38(4,5)35(39)24(18-41(26,40)8)53-37-34(32(49)30(47)25(19-43)54-37)55-36-33(50)31(48)29(46)21(3)52-36/h11,21-37,43-51H,10,12-19H2,1-9H3/t21-,22?,23+,24-,25+,26?,27-,28?,29-,30+,31+,32-,33+,34+,35-,36+,37+,39+,40+,41+,42?/m0/s1. The molecular formula is C42H72O13. The highest BCUT2D eigenvalue weighted by Gasteiger charge is 2.73. The van der Waals surface area contributed by atoms with E-state index in [4.69, 9.17) is 18.9 Å². The van der Waals surface area contributed by atoms with Gasteiger partial charge in [-0.05, 0) is 124 Å². The molecule has 2 heterocycles. The molecular weight excluding hydrogens is 712 g/mol. The Balaban J connectivity index is 1.38. The maximum atomic E-state index is 12.3. The van der Waals surface area contributed by atoms with Gasteiger partial charge >= 0.3 is 0 Å². The summed E-state index contributed by atoms with van der Waals surface area (Å²) < 4.78 is 25.1. The van der Waals surface area contributed by atoms with Crippen molar-refractivity contribution in [3.8, 4) is 0 Å². The SMILES string of the molecule is CC(C)=CCCC(C)(O)C1CC[C@]2(C)C1[C@H](O)CC1[C@@]3(C)CC[C@H](O)C(C)(C)[C@@H]3[C@@H](O[C@@H]3O[C@H](CO)[C@@H](O)[C@H](O)[C@H]3O[C@H]3O[C@@H](C)[C@H](O)[C@@H](O)[C@H]3O)C[C@]12C. The summed E-state index contributed by atoms with van der Waals surface area (Å²) in [5.41, 5.74) is -1.71. The van der Waals surface area contributed by atoms with E-state index in [1.165, 1.54) is 12.5 Å². The Morgan fingerprint density at radius 1 is 0.818 bits per heavy atom. The van der Waals surface area contributed by atoms with Crippen LogP contribution in [-0.4, -0.2) is 138 Å². The van der Waals surface area contributed by atoms with Crippen molar-refractivity contribution in [1.29, 1.82) is 0 Å². The van der Waals surface area contributed by atoms with Crippen molar-refractivity contribution in [2.24, 2.45) is 45.3 Å². The lowest BCUT2D eigenvalue weighted by Crippen LogP contribution is -2.71. The van der Waals surface area contributed by atoms with Gasteiger partial charge in [-0.3, -0.25) is 0 Å². The number of ether oxygens (including phenoxy) is 4. The van der Waals surface area contributed by atoms with Gasteiger partial charge in [0.15, 0.2) is 12.6 Å². The molecule has 0 aromatic rings. The van der Waals surface area contributed by atoms with Crippen LogP contribution < -0.4 is 0 Å². The summed E-state index contributed by atoms with van der Waals surface area (Å²) in [5, 5.41) is 100. The zero-order chi connectivity index (χ0) is 40.8.